The monoisotopic (exact) mass is 338 g/mol. The van der Waals surface area contributed by atoms with Crippen molar-refractivity contribution < 1.29 is 9.18 Å². The summed E-state index contributed by atoms with van der Waals surface area (Å²) in [5.41, 5.74) is 1.82. The Bertz CT molecular complexity index is 915. The molecule has 0 unspecified atom stereocenters. The first kappa shape index (κ1) is 15.7. The number of nitrogens with one attached hydrogen (secondary N) is 2. The molecule has 128 valence electrons. The number of fused-ring (bicyclic) bond motifs is 1. The van der Waals surface area contributed by atoms with Crippen LogP contribution in [0.3, 0.4) is 0 Å². The number of aromatic amines is 1. The Labute approximate surface area is 144 Å². The van der Waals surface area contributed by atoms with Crippen LogP contribution >= 0.6 is 0 Å². The highest BCUT2D eigenvalue weighted by molar-refractivity contribution is 5.95. The van der Waals surface area contributed by atoms with E-state index in [1.165, 1.54) is 6.42 Å². The van der Waals surface area contributed by atoms with Crippen LogP contribution in [0.2, 0.25) is 0 Å². The maximum absolute atomic E-state index is 14.4. The van der Waals surface area contributed by atoms with Gasteiger partial charge in [-0.25, -0.2) is 14.4 Å². The number of hydrogen-bond donors (Lipinski definition) is 2. The Morgan fingerprint density at radius 3 is 2.84 bits per heavy atom. The Hall–Kier alpha value is -2.76. The van der Waals surface area contributed by atoms with Crippen LogP contribution in [0.1, 0.15) is 32.1 Å². The topological polar surface area (TPSA) is 70.7 Å². The van der Waals surface area contributed by atoms with Crippen LogP contribution in [-0.4, -0.2) is 20.9 Å². The van der Waals surface area contributed by atoms with Gasteiger partial charge in [-0.3, -0.25) is 4.79 Å². The Morgan fingerprint density at radius 1 is 1.16 bits per heavy atom. The van der Waals surface area contributed by atoms with Gasteiger partial charge in [0.1, 0.15) is 17.3 Å². The van der Waals surface area contributed by atoms with Crippen molar-refractivity contribution >= 4 is 22.8 Å². The fourth-order valence-corrected chi connectivity index (χ4v) is 3.50. The van der Waals surface area contributed by atoms with Gasteiger partial charge < -0.3 is 10.3 Å². The maximum Gasteiger partial charge on any atom is 0.228 e. The highest BCUT2D eigenvalue weighted by atomic mass is 19.1. The molecular weight excluding hydrogens is 319 g/mol. The van der Waals surface area contributed by atoms with Gasteiger partial charge in [0.05, 0.1) is 6.20 Å². The largest absolute Gasteiger partial charge is 0.346 e. The molecule has 1 fully saturated rings. The molecule has 0 saturated heterocycles. The number of nitrogens with zero attached hydrogens (tertiary/aromatic N) is 2. The Kier molecular flexibility index (Phi) is 4.17. The molecule has 2 N–H and O–H groups in total. The number of hydrogen-bond acceptors (Lipinski definition) is 3. The number of halogens is 1. The summed E-state index contributed by atoms with van der Waals surface area (Å²) in [5.74, 6) is -0.0375. The summed E-state index contributed by atoms with van der Waals surface area (Å²) in [6.07, 6.45) is 9.75. The zero-order chi connectivity index (χ0) is 17.2. The standard InChI is InChI=1S/C19H19FN4O/c20-16-11-23-17(24-19(25)12-4-2-1-3-5-12)10-15(16)13-6-8-21-18-14(13)7-9-22-18/h6-12H,1-5H2,(H,21,22)(H,23,24,25). The lowest BCUT2D eigenvalue weighted by Gasteiger charge is -2.20. The Morgan fingerprint density at radius 2 is 2.00 bits per heavy atom. The molecule has 1 amide bonds. The fourth-order valence-electron chi connectivity index (χ4n) is 3.50. The number of carbonyl (C=O) groups excluding carboxylic acids is 1. The minimum atomic E-state index is -0.427. The molecule has 25 heavy (non-hydrogen) atoms. The summed E-state index contributed by atoms with van der Waals surface area (Å²) in [6.45, 7) is 0. The van der Waals surface area contributed by atoms with Crippen molar-refractivity contribution in [3.05, 3.63) is 42.6 Å². The number of carbonyl (C=O) groups is 1. The van der Waals surface area contributed by atoms with E-state index in [-0.39, 0.29) is 11.8 Å². The predicted octanol–water partition coefficient (Wildman–Crippen LogP) is 4.28. The number of H-pyrrole nitrogens is 1. The van der Waals surface area contributed by atoms with Crippen LogP contribution in [0.25, 0.3) is 22.2 Å². The molecule has 1 aliphatic rings. The van der Waals surface area contributed by atoms with Crippen LogP contribution in [0.15, 0.2) is 36.8 Å². The first-order chi connectivity index (χ1) is 12.2. The number of anilines is 1. The number of pyridine rings is 2. The van der Waals surface area contributed by atoms with E-state index in [1.54, 1.807) is 24.5 Å². The smallest absolute Gasteiger partial charge is 0.228 e. The third-order valence-corrected chi connectivity index (χ3v) is 4.83. The van der Waals surface area contributed by atoms with Gasteiger partial charge in [-0.15, -0.1) is 0 Å². The lowest BCUT2D eigenvalue weighted by molar-refractivity contribution is -0.120. The molecule has 1 aliphatic carbocycles. The second-order valence-corrected chi connectivity index (χ2v) is 6.47. The molecule has 1 saturated carbocycles. The van der Waals surface area contributed by atoms with Gasteiger partial charge in [-0.05, 0) is 36.6 Å². The van der Waals surface area contributed by atoms with E-state index < -0.39 is 5.82 Å². The second kappa shape index (κ2) is 6.63. The lowest BCUT2D eigenvalue weighted by atomic mass is 9.89. The van der Waals surface area contributed by atoms with Gasteiger partial charge in [0.2, 0.25) is 5.91 Å². The molecule has 3 aromatic rings. The van der Waals surface area contributed by atoms with Gasteiger partial charge >= 0.3 is 0 Å². The van der Waals surface area contributed by atoms with Crippen molar-refractivity contribution in [2.24, 2.45) is 5.92 Å². The normalized spacial score (nSPS) is 15.4. The molecule has 5 nitrogen and oxygen atoms in total. The van der Waals surface area contributed by atoms with E-state index >= 15 is 0 Å². The first-order valence-electron chi connectivity index (χ1n) is 8.61. The van der Waals surface area contributed by atoms with E-state index in [2.05, 4.69) is 20.3 Å². The lowest BCUT2D eigenvalue weighted by Crippen LogP contribution is -2.25. The molecule has 0 aliphatic heterocycles. The average Bonchev–Trinajstić information content (AvgIpc) is 3.13. The summed E-state index contributed by atoms with van der Waals surface area (Å²) in [7, 11) is 0. The van der Waals surface area contributed by atoms with Crippen LogP contribution in [-0.2, 0) is 4.79 Å². The number of rotatable bonds is 3. The average molecular weight is 338 g/mol. The van der Waals surface area contributed by atoms with E-state index in [1.807, 2.05) is 6.07 Å². The molecular formula is C19H19FN4O. The van der Waals surface area contributed by atoms with Crippen molar-refractivity contribution in [2.75, 3.05) is 5.32 Å². The summed E-state index contributed by atoms with van der Waals surface area (Å²) in [4.78, 5) is 23.7. The van der Waals surface area contributed by atoms with Crippen molar-refractivity contribution in [3.63, 3.8) is 0 Å². The molecule has 0 spiro atoms. The molecule has 0 bridgehead atoms. The minimum Gasteiger partial charge on any atom is -0.346 e. The van der Waals surface area contributed by atoms with E-state index in [9.17, 15) is 9.18 Å². The molecule has 0 aromatic carbocycles. The summed E-state index contributed by atoms with van der Waals surface area (Å²) < 4.78 is 14.4. The quantitative estimate of drug-likeness (QED) is 0.749. The van der Waals surface area contributed by atoms with Gasteiger partial charge in [0, 0.05) is 29.3 Å². The highest BCUT2D eigenvalue weighted by Gasteiger charge is 2.22. The third-order valence-electron chi connectivity index (χ3n) is 4.83. The zero-order valence-corrected chi connectivity index (χ0v) is 13.8. The predicted molar refractivity (Wildman–Crippen MR) is 94.5 cm³/mol. The van der Waals surface area contributed by atoms with E-state index in [0.29, 0.717) is 17.0 Å². The van der Waals surface area contributed by atoms with Gasteiger partial charge in [-0.2, -0.15) is 0 Å². The fraction of sp³-hybridized carbons (Fsp3) is 0.316. The van der Waals surface area contributed by atoms with Crippen molar-refractivity contribution in [3.8, 4) is 11.1 Å². The molecule has 3 heterocycles. The molecule has 3 aromatic heterocycles. The van der Waals surface area contributed by atoms with E-state index in [4.69, 9.17) is 0 Å². The van der Waals surface area contributed by atoms with Gasteiger partial charge in [0.25, 0.3) is 0 Å². The van der Waals surface area contributed by atoms with Gasteiger partial charge in [0.15, 0.2) is 0 Å². The number of aromatic nitrogens is 3. The maximum atomic E-state index is 14.4. The number of amides is 1. The van der Waals surface area contributed by atoms with E-state index in [0.717, 1.165) is 42.8 Å². The zero-order valence-electron chi connectivity index (χ0n) is 13.8. The SMILES string of the molecule is O=C(Nc1cc(-c2ccnc3[nH]ccc23)c(F)cn1)C1CCCCC1. The van der Waals surface area contributed by atoms with Crippen LogP contribution in [0, 0.1) is 11.7 Å². The van der Waals surface area contributed by atoms with Crippen LogP contribution in [0.5, 0.6) is 0 Å². The highest BCUT2D eigenvalue weighted by Crippen LogP contribution is 2.31. The van der Waals surface area contributed by atoms with Crippen molar-refractivity contribution in [2.45, 2.75) is 32.1 Å². The molecule has 6 heteroatoms. The van der Waals surface area contributed by atoms with Crippen molar-refractivity contribution in [1.29, 1.82) is 0 Å². The van der Waals surface area contributed by atoms with Gasteiger partial charge in [-0.1, -0.05) is 19.3 Å². The summed E-state index contributed by atoms with van der Waals surface area (Å²) in [6, 6.07) is 5.22. The van der Waals surface area contributed by atoms with Crippen LogP contribution < -0.4 is 5.32 Å². The van der Waals surface area contributed by atoms with Crippen molar-refractivity contribution in [1.82, 2.24) is 15.0 Å². The molecule has 0 atom stereocenters. The third kappa shape index (κ3) is 3.12. The first-order valence-corrected chi connectivity index (χ1v) is 8.61. The Balaban J connectivity index is 1.65. The second-order valence-electron chi connectivity index (χ2n) is 6.47. The minimum absolute atomic E-state index is 0.0220. The molecule has 0 radical (unpaired) electrons. The summed E-state index contributed by atoms with van der Waals surface area (Å²) >= 11 is 0. The molecule has 4 rings (SSSR count). The summed E-state index contributed by atoms with van der Waals surface area (Å²) in [5, 5.41) is 3.68. The van der Waals surface area contributed by atoms with Crippen LogP contribution in [0.4, 0.5) is 10.2 Å².